The molecular weight excluding hydrogens is 360 g/mol. The number of allylic oxidation sites excluding steroid dienone is 1. The summed E-state index contributed by atoms with van der Waals surface area (Å²) >= 11 is 0. The number of aliphatic hydroxyl groups excluding tert-OH is 2. The molecule has 0 heterocycles. The highest BCUT2D eigenvalue weighted by Gasteiger charge is 2.44. The average Bonchev–Trinajstić information content (AvgIpc) is 2.96. The Morgan fingerprint density at radius 3 is 2.21 bits per heavy atom. The van der Waals surface area contributed by atoms with Crippen molar-refractivity contribution < 1.29 is 14.9 Å². The van der Waals surface area contributed by atoms with E-state index in [1.165, 1.54) is 0 Å². The van der Waals surface area contributed by atoms with Crippen molar-refractivity contribution >= 4 is 5.57 Å². The lowest BCUT2D eigenvalue weighted by Gasteiger charge is -2.26. The van der Waals surface area contributed by atoms with Gasteiger partial charge in [0.2, 0.25) is 0 Å². The Kier molecular flexibility index (Phi) is 6.69. The van der Waals surface area contributed by atoms with Crippen LogP contribution in [0.1, 0.15) is 55.9 Å². The van der Waals surface area contributed by atoms with Gasteiger partial charge >= 0.3 is 0 Å². The predicted octanol–water partition coefficient (Wildman–Crippen LogP) is 6.21. The lowest BCUT2D eigenvalue weighted by molar-refractivity contribution is 0.111. The third kappa shape index (κ3) is 4.20. The van der Waals surface area contributed by atoms with E-state index in [2.05, 4.69) is 20.8 Å². The maximum atomic E-state index is 11.1. The molecule has 1 aliphatic rings. The molecule has 2 aromatic rings. The average molecular weight is 395 g/mol. The van der Waals surface area contributed by atoms with Crippen LogP contribution in [0.4, 0.5) is 0 Å². The van der Waals surface area contributed by atoms with E-state index in [1.54, 1.807) is 0 Å². The first-order valence-electron chi connectivity index (χ1n) is 10.8. The van der Waals surface area contributed by atoms with Gasteiger partial charge < -0.3 is 14.9 Å². The summed E-state index contributed by atoms with van der Waals surface area (Å²) in [4.78, 5) is 0. The largest absolute Gasteiger partial charge is 0.512 e. The molecule has 2 aromatic carbocycles. The molecule has 2 N–H and O–H groups in total. The predicted molar refractivity (Wildman–Crippen MR) is 119 cm³/mol. The van der Waals surface area contributed by atoms with Crippen molar-refractivity contribution in [1.29, 1.82) is 0 Å². The smallest absolute Gasteiger partial charge is 0.120 e. The van der Waals surface area contributed by atoms with E-state index in [1.807, 2.05) is 56.3 Å². The summed E-state index contributed by atoms with van der Waals surface area (Å²) in [5, 5.41) is 22.2. The highest BCUT2D eigenvalue weighted by Crippen LogP contribution is 2.48. The molecule has 3 nitrogen and oxygen atoms in total. The highest BCUT2D eigenvalue weighted by atomic mass is 16.5. The van der Waals surface area contributed by atoms with Crippen molar-refractivity contribution in [1.82, 2.24) is 0 Å². The summed E-state index contributed by atoms with van der Waals surface area (Å²) in [5.41, 5.74) is 4.85. The molecule has 4 atom stereocenters. The fourth-order valence-electron chi connectivity index (χ4n) is 4.82. The lowest BCUT2D eigenvalue weighted by Crippen LogP contribution is -2.26. The summed E-state index contributed by atoms with van der Waals surface area (Å²) in [5.74, 6) is 1.60. The van der Waals surface area contributed by atoms with Crippen LogP contribution in [-0.4, -0.2) is 16.3 Å². The van der Waals surface area contributed by atoms with Gasteiger partial charge in [0.1, 0.15) is 18.1 Å². The molecule has 4 unspecified atom stereocenters. The zero-order valence-electron chi connectivity index (χ0n) is 18.3. The van der Waals surface area contributed by atoms with Crippen LogP contribution < -0.4 is 4.74 Å². The van der Waals surface area contributed by atoms with Gasteiger partial charge in [-0.05, 0) is 66.5 Å². The van der Waals surface area contributed by atoms with Gasteiger partial charge in [0, 0.05) is 11.5 Å². The third-order valence-corrected chi connectivity index (χ3v) is 6.51. The third-order valence-electron chi connectivity index (χ3n) is 6.51. The molecule has 0 radical (unpaired) electrons. The summed E-state index contributed by atoms with van der Waals surface area (Å²) in [6.07, 6.45) is 1.20. The first-order valence-corrected chi connectivity index (χ1v) is 10.8. The van der Waals surface area contributed by atoms with E-state index in [0.29, 0.717) is 23.9 Å². The van der Waals surface area contributed by atoms with Crippen LogP contribution in [0.25, 0.3) is 5.57 Å². The monoisotopic (exact) mass is 394 g/mol. The number of ether oxygens (including phenoxy) is 1. The zero-order chi connectivity index (χ0) is 21.1. The molecule has 0 saturated carbocycles. The van der Waals surface area contributed by atoms with Gasteiger partial charge in [-0.2, -0.15) is 0 Å². The van der Waals surface area contributed by atoms with Crippen molar-refractivity contribution in [2.75, 3.05) is 0 Å². The summed E-state index contributed by atoms with van der Waals surface area (Å²) < 4.78 is 6.00. The quantitative estimate of drug-likeness (QED) is 0.586. The number of benzene rings is 2. The van der Waals surface area contributed by atoms with Crippen LogP contribution in [0.2, 0.25) is 0 Å². The van der Waals surface area contributed by atoms with E-state index in [0.717, 1.165) is 40.8 Å². The minimum absolute atomic E-state index is 0.0165. The Hall–Kier alpha value is -2.26. The lowest BCUT2D eigenvalue weighted by atomic mass is 9.80. The van der Waals surface area contributed by atoms with Gasteiger partial charge in [0.05, 0.1) is 6.10 Å². The topological polar surface area (TPSA) is 49.7 Å². The van der Waals surface area contributed by atoms with E-state index in [-0.39, 0.29) is 11.8 Å². The van der Waals surface area contributed by atoms with Crippen molar-refractivity contribution in [2.45, 2.75) is 60.2 Å². The first kappa shape index (κ1) is 21.4. The minimum Gasteiger partial charge on any atom is -0.512 e. The molecule has 3 heteroatoms. The fraction of sp³-hybridized carbons (Fsp3) is 0.462. The van der Waals surface area contributed by atoms with Gasteiger partial charge in [0.25, 0.3) is 0 Å². The summed E-state index contributed by atoms with van der Waals surface area (Å²) in [6.45, 7) is 11.0. The molecule has 0 aromatic heterocycles. The van der Waals surface area contributed by atoms with Gasteiger partial charge in [-0.3, -0.25) is 0 Å². The second kappa shape index (κ2) is 9.04. The number of hydrogen-bond donors (Lipinski definition) is 2. The normalized spacial score (nSPS) is 22.8. The zero-order valence-corrected chi connectivity index (χ0v) is 18.3. The van der Waals surface area contributed by atoms with Crippen LogP contribution >= 0.6 is 0 Å². The van der Waals surface area contributed by atoms with Crippen LogP contribution in [0, 0.1) is 31.6 Å². The second-order valence-electron chi connectivity index (χ2n) is 8.43. The van der Waals surface area contributed by atoms with Crippen molar-refractivity contribution in [3.05, 3.63) is 70.5 Å². The molecular formula is C26H34O3. The molecule has 0 amide bonds. The van der Waals surface area contributed by atoms with E-state index in [4.69, 9.17) is 4.74 Å². The SMILES string of the molecule is CCC(C)C1C(O)=C(c2c(C)cc(OCc3ccccc3)cc2C)C(O)C1CC. The molecule has 29 heavy (non-hydrogen) atoms. The Bertz CT molecular complexity index is 846. The fourth-order valence-corrected chi connectivity index (χ4v) is 4.82. The van der Waals surface area contributed by atoms with E-state index in [9.17, 15) is 10.2 Å². The molecule has 0 bridgehead atoms. The molecule has 3 rings (SSSR count). The molecule has 0 aliphatic heterocycles. The van der Waals surface area contributed by atoms with E-state index >= 15 is 0 Å². The van der Waals surface area contributed by atoms with Crippen LogP contribution in [0.3, 0.4) is 0 Å². The van der Waals surface area contributed by atoms with Gasteiger partial charge in [-0.15, -0.1) is 0 Å². The number of aryl methyl sites for hydroxylation is 2. The number of rotatable bonds is 7. The van der Waals surface area contributed by atoms with Crippen molar-refractivity contribution in [3.8, 4) is 5.75 Å². The van der Waals surface area contributed by atoms with Gasteiger partial charge in [-0.1, -0.05) is 57.5 Å². The molecule has 1 aliphatic carbocycles. The van der Waals surface area contributed by atoms with Crippen molar-refractivity contribution in [2.24, 2.45) is 17.8 Å². The Labute approximate surface area is 175 Å². The standard InChI is InChI=1S/C26H34O3/c1-6-16(3)23-21(7-2)25(27)24(26(23)28)22-17(4)13-20(14-18(22)5)29-15-19-11-9-8-10-12-19/h8-14,16,21,23,25,27-28H,6-7,15H2,1-5H3. The van der Waals surface area contributed by atoms with Gasteiger partial charge in [-0.25, -0.2) is 0 Å². The van der Waals surface area contributed by atoms with Crippen LogP contribution in [0.15, 0.2) is 48.2 Å². The first-order chi connectivity index (χ1) is 13.9. The summed E-state index contributed by atoms with van der Waals surface area (Å²) in [6, 6.07) is 14.1. The van der Waals surface area contributed by atoms with Gasteiger partial charge in [0.15, 0.2) is 0 Å². The summed E-state index contributed by atoms with van der Waals surface area (Å²) in [7, 11) is 0. The second-order valence-corrected chi connectivity index (χ2v) is 8.43. The van der Waals surface area contributed by atoms with Crippen LogP contribution in [0.5, 0.6) is 5.75 Å². The maximum absolute atomic E-state index is 11.1. The molecule has 0 saturated heterocycles. The number of aliphatic hydroxyl groups is 2. The molecule has 0 spiro atoms. The van der Waals surface area contributed by atoms with Crippen molar-refractivity contribution in [3.63, 3.8) is 0 Å². The maximum Gasteiger partial charge on any atom is 0.120 e. The van der Waals surface area contributed by atoms with Crippen LogP contribution in [-0.2, 0) is 6.61 Å². The minimum atomic E-state index is -0.632. The Balaban J connectivity index is 1.93. The Morgan fingerprint density at radius 1 is 1.03 bits per heavy atom. The van der Waals surface area contributed by atoms with E-state index < -0.39 is 6.10 Å². The highest BCUT2D eigenvalue weighted by molar-refractivity contribution is 5.78. The Morgan fingerprint density at radius 2 is 1.66 bits per heavy atom. The molecule has 156 valence electrons. The molecule has 0 fully saturated rings. The number of hydrogen-bond acceptors (Lipinski definition) is 3.